The van der Waals surface area contributed by atoms with Crippen molar-refractivity contribution in [2.45, 2.75) is 6.54 Å². The van der Waals surface area contributed by atoms with Crippen LogP contribution < -0.4 is 5.32 Å². The molecule has 0 aliphatic carbocycles. The van der Waals surface area contributed by atoms with Crippen molar-refractivity contribution in [3.8, 4) is 0 Å². The highest BCUT2D eigenvalue weighted by molar-refractivity contribution is 14.1. The molecule has 1 heterocycles. The molecule has 0 aromatic heterocycles. The summed E-state index contributed by atoms with van der Waals surface area (Å²) in [6, 6.07) is 8.04. The van der Waals surface area contributed by atoms with Crippen LogP contribution in [-0.2, 0) is 6.54 Å². The molecule has 0 bridgehead atoms. The highest BCUT2D eigenvalue weighted by atomic mass is 127. The molecule has 1 saturated heterocycles. The molecule has 0 radical (unpaired) electrons. The Morgan fingerprint density at radius 2 is 1.89 bits per heavy atom. The Bertz CT molecular complexity index is 439. The van der Waals surface area contributed by atoms with Gasteiger partial charge in [-0.25, -0.2) is 0 Å². The second kappa shape index (κ2) is 6.91. The Balaban J connectivity index is 1.86. The Kier molecular flexibility index (Phi) is 5.21. The van der Waals surface area contributed by atoms with Crippen molar-refractivity contribution in [2.75, 3.05) is 31.5 Å². The van der Waals surface area contributed by atoms with Crippen LogP contribution >= 0.6 is 22.6 Å². The number of nitrogens with one attached hydrogen (secondary N) is 1. The van der Waals surface area contributed by atoms with E-state index in [1.165, 1.54) is 5.56 Å². The van der Waals surface area contributed by atoms with E-state index in [9.17, 15) is 4.79 Å². The smallest absolute Gasteiger partial charge is 0.284 e. The van der Waals surface area contributed by atoms with Crippen molar-refractivity contribution in [3.63, 3.8) is 0 Å². The molecule has 1 aromatic rings. The largest absolute Gasteiger partial charge is 0.375 e. The summed E-state index contributed by atoms with van der Waals surface area (Å²) in [5.41, 5.74) is 2.12. The van der Waals surface area contributed by atoms with Crippen molar-refractivity contribution < 1.29 is 4.79 Å². The first-order chi connectivity index (χ1) is 9.17. The lowest BCUT2D eigenvalue weighted by atomic mass is 10.2. The Hall–Kier alpha value is -1.08. The van der Waals surface area contributed by atoms with E-state index in [2.05, 4.69) is 33.8 Å². The molecule has 1 aliphatic heterocycles. The summed E-state index contributed by atoms with van der Waals surface area (Å²) < 4.78 is -0.0640. The Labute approximate surface area is 127 Å². The van der Waals surface area contributed by atoms with Gasteiger partial charge in [0.2, 0.25) is 0 Å². The van der Waals surface area contributed by atoms with Crippen LogP contribution in [0.1, 0.15) is 5.56 Å². The van der Waals surface area contributed by atoms with Crippen LogP contribution in [0.15, 0.2) is 37.0 Å². The number of amides is 1. The average Bonchev–Trinajstić information content (AvgIpc) is 2.41. The van der Waals surface area contributed by atoms with Crippen molar-refractivity contribution >= 4 is 32.2 Å². The van der Waals surface area contributed by atoms with Gasteiger partial charge in [-0.3, -0.25) is 9.69 Å². The molecule has 5 heteroatoms. The molecule has 4 nitrogen and oxygen atoms in total. The highest BCUT2D eigenvalue weighted by Crippen LogP contribution is 2.13. The summed E-state index contributed by atoms with van der Waals surface area (Å²) in [7, 11) is 0. The molecule has 0 saturated carbocycles. The Morgan fingerprint density at radius 1 is 1.26 bits per heavy atom. The lowest BCUT2D eigenvalue weighted by Gasteiger charge is -2.33. The van der Waals surface area contributed by atoms with Gasteiger partial charge in [-0.2, -0.15) is 0 Å². The summed E-state index contributed by atoms with van der Waals surface area (Å²) in [6.07, 6.45) is 1.92. The maximum Gasteiger partial charge on any atom is 0.284 e. The minimum absolute atomic E-state index is 0.0640. The molecule has 0 atom stereocenters. The van der Waals surface area contributed by atoms with E-state index in [1.807, 2.05) is 18.3 Å². The lowest BCUT2D eigenvalue weighted by molar-refractivity contribution is 0.162. The number of piperazine rings is 1. The molecule has 1 amide bonds. The van der Waals surface area contributed by atoms with Gasteiger partial charge in [-0.1, -0.05) is 18.7 Å². The van der Waals surface area contributed by atoms with Crippen LogP contribution in [0, 0.1) is 0 Å². The predicted octanol–water partition coefficient (Wildman–Crippen LogP) is 2.91. The number of carbonyl (C=O) groups excluding carboxylic acids is 1. The van der Waals surface area contributed by atoms with Gasteiger partial charge in [-0.05, 0) is 23.9 Å². The van der Waals surface area contributed by atoms with Crippen LogP contribution in [0.25, 0.3) is 0 Å². The number of nitrogens with zero attached hydrogens (tertiary/aromatic N) is 2. The first-order valence-electron chi connectivity index (χ1n) is 6.32. The van der Waals surface area contributed by atoms with Crippen molar-refractivity contribution in [3.05, 3.63) is 42.6 Å². The van der Waals surface area contributed by atoms with E-state index in [0.717, 1.165) is 38.4 Å². The van der Waals surface area contributed by atoms with Gasteiger partial charge in [0, 0.05) is 61.0 Å². The van der Waals surface area contributed by atoms with Crippen LogP contribution in [-0.4, -0.2) is 39.9 Å². The quantitative estimate of drug-likeness (QED) is 0.502. The van der Waals surface area contributed by atoms with Gasteiger partial charge in [0.15, 0.2) is 0 Å². The van der Waals surface area contributed by atoms with Gasteiger partial charge in [0.1, 0.15) is 0 Å². The summed E-state index contributed by atoms with van der Waals surface area (Å²) in [4.78, 5) is 15.6. The third kappa shape index (κ3) is 4.50. The SMILES string of the molecule is C=CN1CCN(Cc2ccc(NC(=O)I)cc2)CC1. The first-order valence-corrected chi connectivity index (χ1v) is 7.39. The van der Waals surface area contributed by atoms with Gasteiger partial charge < -0.3 is 10.2 Å². The second-order valence-electron chi connectivity index (χ2n) is 4.59. The van der Waals surface area contributed by atoms with Crippen LogP contribution in [0.5, 0.6) is 0 Å². The number of hydrogen-bond acceptors (Lipinski definition) is 3. The summed E-state index contributed by atoms with van der Waals surface area (Å²) in [6.45, 7) is 8.99. The highest BCUT2D eigenvalue weighted by Gasteiger charge is 2.13. The minimum Gasteiger partial charge on any atom is -0.375 e. The van der Waals surface area contributed by atoms with Gasteiger partial charge in [0.25, 0.3) is 3.91 Å². The first kappa shape index (κ1) is 14.3. The van der Waals surface area contributed by atoms with E-state index >= 15 is 0 Å². The molecule has 0 unspecified atom stereocenters. The van der Waals surface area contributed by atoms with Crippen LogP contribution in [0.3, 0.4) is 0 Å². The van der Waals surface area contributed by atoms with Gasteiger partial charge in [-0.15, -0.1) is 0 Å². The third-order valence-electron chi connectivity index (χ3n) is 3.27. The number of halogens is 1. The average molecular weight is 371 g/mol. The number of anilines is 1. The van der Waals surface area contributed by atoms with E-state index in [0.29, 0.717) is 0 Å². The molecule has 102 valence electrons. The Morgan fingerprint density at radius 3 is 2.42 bits per heavy atom. The molecule has 1 N–H and O–H groups in total. The van der Waals surface area contributed by atoms with Crippen LogP contribution in [0.4, 0.5) is 10.5 Å². The normalized spacial score (nSPS) is 16.2. The maximum atomic E-state index is 10.9. The number of carbonyl (C=O) groups is 1. The third-order valence-corrected chi connectivity index (χ3v) is 3.54. The van der Waals surface area contributed by atoms with E-state index < -0.39 is 0 Å². The second-order valence-corrected chi connectivity index (χ2v) is 5.57. The fraction of sp³-hybridized carbons (Fsp3) is 0.357. The molecule has 1 aliphatic rings. The molecular formula is C14H18IN3O. The molecule has 19 heavy (non-hydrogen) atoms. The minimum atomic E-state index is -0.0640. The fourth-order valence-electron chi connectivity index (χ4n) is 2.17. The lowest BCUT2D eigenvalue weighted by Crippen LogP contribution is -2.43. The van der Waals surface area contributed by atoms with Crippen molar-refractivity contribution in [2.24, 2.45) is 0 Å². The van der Waals surface area contributed by atoms with Crippen molar-refractivity contribution in [1.29, 1.82) is 0 Å². The summed E-state index contributed by atoms with van der Waals surface area (Å²) in [5, 5.41) is 2.77. The number of rotatable bonds is 4. The van der Waals surface area contributed by atoms with E-state index in [4.69, 9.17) is 0 Å². The topological polar surface area (TPSA) is 35.6 Å². The zero-order chi connectivity index (χ0) is 13.7. The fourth-order valence-corrected chi connectivity index (χ4v) is 2.48. The predicted molar refractivity (Wildman–Crippen MR) is 86.5 cm³/mol. The molecule has 1 aromatic carbocycles. The molecular weight excluding hydrogens is 353 g/mol. The van der Waals surface area contributed by atoms with Crippen molar-refractivity contribution in [1.82, 2.24) is 9.80 Å². The monoisotopic (exact) mass is 371 g/mol. The summed E-state index contributed by atoms with van der Waals surface area (Å²) in [5.74, 6) is 0. The standard InChI is InChI=1S/C14H18IN3O/c1-2-17-7-9-18(10-8-17)11-12-3-5-13(6-4-12)16-14(15)19/h2-6H,1,7-11H2,(H,16,19). The molecule has 1 fully saturated rings. The van der Waals surface area contributed by atoms with Gasteiger partial charge >= 0.3 is 0 Å². The van der Waals surface area contributed by atoms with E-state index in [1.54, 1.807) is 22.6 Å². The summed E-state index contributed by atoms with van der Waals surface area (Å²) >= 11 is 1.73. The van der Waals surface area contributed by atoms with E-state index in [-0.39, 0.29) is 3.91 Å². The number of benzene rings is 1. The molecule has 2 rings (SSSR count). The zero-order valence-corrected chi connectivity index (χ0v) is 13.0. The van der Waals surface area contributed by atoms with Gasteiger partial charge in [0.05, 0.1) is 0 Å². The number of hydrogen-bond donors (Lipinski definition) is 1. The zero-order valence-electron chi connectivity index (χ0n) is 10.8. The molecule has 0 spiro atoms. The van der Waals surface area contributed by atoms with Crippen LogP contribution in [0.2, 0.25) is 0 Å². The maximum absolute atomic E-state index is 10.9.